The Morgan fingerprint density at radius 1 is 0.846 bits per heavy atom. The summed E-state index contributed by atoms with van der Waals surface area (Å²) < 4.78 is 0. The maximum absolute atomic E-state index is 12.1. The van der Waals surface area contributed by atoms with E-state index < -0.39 is 0 Å². The molecule has 2 amide bonds. The number of benzene rings is 1. The standard InChI is InChI=1S/C19H17N5O2/c1-13(25)22-15-4-6-16(7-5-15)23-17-8-9-18(21-12-17)24-19(26)14-3-2-10-20-11-14/h2-12,23H,1H3,(H,22,25)(H,21,24,26). The van der Waals surface area contributed by atoms with Crippen LogP contribution in [0.1, 0.15) is 17.3 Å². The summed E-state index contributed by atoms with van der Waals surface area (Å²) in [7, 11) is 0. The minimum Gasteiger partial charge on any atom is -0.354 e. The number of aromatic nitrogens is 2. The second-order valence-electron chi connectivity index (χ2n) is 5.51. The monoisotopic (exact) mass is 347 g/mol. The molecule has 0 bridgehead atoms. The number of carbonyl (C=O) groups is 2. The first-order valence-electron chi connectivity index (χ1n) is 7.92. The summed E-state index contributed by atoms with van der Waals surface area (Å²) in [5.41, 5.74) is 2.83. The fraction of sp³-hybridized carbons (Fsp3) is 0.0526. The Hall–Kier alpha value is -3.74. The van der Waals surface area contributed by atoms with Gasteiger partial charge in [0.05, 0.1) is 17.4 Å². The Morgan fingerprint density at radius 2 is 1.58 bits per heavy atom. The normalized spacial score (nSPS) is 10.0. The van der Waals surface area contributed by atoms with E-state index in [1.54, 1.807) is 42.7 Å². The number of carbonyl (C=O) groups excluding carboxylic acids is 2. The zero-order valence-electron chi connectivity index (χ0n) is 14.1. The molecule has 0 radical (unpaired) electrons. The van der Waals surface area contributed by atoms with Crippen LogP contribution in [0.5, 0.6) is 0 Å². The Morgan fingerprint density at radius 3 is 2.19 bits per heavy atom. The van der Waals surface area contributed by atoms with Crippen LogP contribution in [0.2, 0.25) is 0 Å². The van der Waals surface area contributed by atoms with Crippen LogP contribution < -0.4 is 16.0 Å². The molecule has 1 aromatic carbocycles. The summed E-state index contributed by atoms with van der Waals surface area (Å²) in [5.74, 6) is 0.0732. The van der Waals surface area contributed by atoms with Gasteiger partial charge in [-0.3, -0.25) is 14.6 Å². The van der Waals surface area contributed by atoms with Crippen molar-refractivity contribution in [2.75, 3.05) is 16.0 Å². The molecule has 26 heavy (non-hydrogen) atoms. The van der Waals surface area contributed by atoms with Gasteiger partial charge in [0.15, 0.2) is 0 Å². The van der Waals surface area contributed by atoms with Gasteiger partial charge in [-0.2, -0.15) is 0 Å². The van der Waals surface area contributed by atoms with Gasteiger partial charge >= 0.3 is 0 Å². The Labute approximate surface area is 150 Å². The van der Waals surface area contributed by atoms with Crippen molar-refractivity contribution in [3.63, 3.8) is 0 Å². The van der Waals surface area contributed by atoms with E-state index in [0.717, 1.165) is 17.1 Å². The van der Waals surface area contributed by atoms with E-state index in [1.807, 2.05) is 18.2 Å². The number of hydrogen-bond donors (Lipinski definition) is 3. The van der Waals surface area contributed by atoms with E-state index in [0.29, 0.717) is 11.4 Å². The Balaban J connectivity index is 1.61. The van der Waals surface area contributed by atoms with Crippen LogP contribution in [0.4, 0.5) is 22.9 Å². The van der Waals surface area contributed by atoms with Crippen LogP contribution in [0.25, 0.3) is 0 Å². The molecule has 3 rings (SSSR count). The highest BCUT2D eigenvalue weighted by Crippen LogP contribution is 2.19. The maximum atomic E-state index is 12.1. The van der Waals surface area contributed by atoms with Crippen LogP contribution in [0.3, 0.4) is 0 Å². The third-order valence-electron chi connectivity index (χ3n) is 3.42. The van der Waals surface area contributed by atoms with Crippen molar-refractivity contribution < 1.29 is 9.59 Å². The summed E-state index contributed by atoms with van der Waals surface area (Å²) in [6, 6.07) is 14.2. The van der Waals surface area contributed by atoms with Gasteiger partial charge in [0.2, 0.25) is 5.91 Å². The molecule has 2 heterocycles. The number of anilines is 4. The lowest BCUT2D eigenvalue weighted by Crippen LogP contribution is -2.13. The molecule has 0 aliphatic carbocycles. The fourth-order valence-electron chi connectivity index (χ4n) is 2.23. The van der Waals surface area contributed by atoms with Crippen LogP contribution in [-0.2, 0) is 4.79 Å². The average molecular weight is 347 g/mol. The van der Waals surface area contributed by atoms with Gasteiger partial charge in [-0.25, -0.2) is 4.98 Å². The number of pyridine rings is 2. The SMILES string of the molecule is CC(=O)Nc1ccc(Nc2ccc(NC(=O)c3cccnc3)nc2)cc1. The topological polar surface area (TPSA) is 96.0 Å². The molecule has 130 valence electrons. The highest BCUT2D eigenvalue weighted by Gasteiger charge is 2.06. The minimum atomic E-state index is -0.264. The van der Waals surface area contributed by atoms with Gasteiger partial charge in [0.1, 0.15) is 5.82 Å². The molecule has 2 aromatic heterocycles. The first kappa shape index (κ1) is 17.1. The predicted octanol–water partition coefficient (Wildman–Crippen LogP) is 3.43. The summed E-state index contributed by atoms with van der Waals surface area (Å²) >= 11 is 0. The molecule has 7 heteroatoms. The van der Waals surface area contributed by atoms with Crippen LogP contribution in [-0.4, -0.2) is 21.8 Å². The van der Waals surface area contributed by atoms with E-state index >= 15 is 0 Å². The second-order valence-corrected chi connectivity index (χ2v) is 5.51. The first-order valence-corrected chi connectivity index (χ1v) is 7.92. The summed E-state index contributed by atoms with van der Waals surface area (Å²) in [6.45, 7) is 1.46. The van der Waals surface area contributed by atoms with E-state index in [1.165, 1.54) is 13.1 Å². The number of nitrogens with one attached hydrogen (secondary N) is 3. The molecule has 0 aliphatic heterocycles. The van der Waals surface area contributed by atoms with Crippen molar-refractivity contribution in [1.29, 1.82) is 0 Å². The first-order chi connectivity index (χ1) is 12.6. The van der Waals surface area contributed by atoms with E-state index in [9.17, 15) is 9.59 Å². The molecule has 0 atom stereocenters. The van der Waals surface area contributed by atoms with Crippen molar-refractivity contribution in [2.45, 2.75) is 6.92 Å². The lowest BCUT2D eigenvalue weighted by molar-refractivity contribution is -0.114. The molecule has 0 fully saturated rings. The van der Waals surface area contributed by atoms with Crippen LogP contribution in [0, 0.1) is 0 Å². The van der Waals surface area contributed by atoms with Crippen molar-refractivity contribution in [3.05, 3.63) is 72.7 Å². The summed E-state index contributed by atoms with van der Waals surface area (Å²) in [5, 5.41) is 8.63. The quantitative estimate of drug-likeness (QED) is 0.657. The van der Waals surface area contributed by atoms with Gasteiger partial charge in [-0.15, -0.1) is 0 Å². The van der Waals surface area contributed by atoms with Gasteiger partial charge in [0, 0.05) is 30.7 Å². The molecule has 0 unspecified atom stereocenters. The predicted molar refractivity (Wildman–Crippen MR) is 100 cm³/mol. The largest absolute Gasteiger partial charge is 0.354 e. The molecule has 7 nitrogen and oxygen atoms in total. The smallest absolute Gasteiger partial charge is 0.258 e. The van der Waals surface area contributed by atoms with Gasteiger partial charge in [0.25, 0.3) is 5.91 Å². The van der Waals surface area contributed by atoms with E-state index in [2.05, 4.69) is 25.9 Å². The van der Waals surface area contributed by atoms with Gasteiger partial charge in [-0.1, -0.05) is 0 Å². The lowest BCUT2D eigenvalue weighted by atomic mass is 10.2. The molecule has 0 aliphatic rings. The summed E-state index contributed by atoms with van der Waals surface area (Å²) in [4.78, 5) is 31.2. The number of amides is 2. The van der Waals surface area contributed by atoms with E-state index in [4.69, 9.17) is 0 Å². The molecule has 0 saturated carbocycles. The molecule has 3 aromatic rings. The molecule has 0 saturated heterocycles. The minimum absolute atomic E-state index is 0.112. The zero-order valence-corrected chi connectivity index (χ0v) is 14.1. The number of nitrogens with zero attached hydrogens (tertiary/aromatic N) is 2. The van der Waals surface area contributed by atoms with Gasteiger partial charge in [-0.05, 0) is 48.5 Å². The molecule has 0 spiro atoms. The Kier molecular flexibility index (Phi) is 5.19. The van der Waals surface area contributed by atoms with Crippen molar-refractivity contribution >= 4 is 34.7 Å². The summed E-state index contributed by atoms with van der Waals surface area (Å²) in [6.07, 6.45) is 4.73. The highest BCUT2D eigenvalue weighted by molar-refractivity contribution is 6.03. The van der Waals surface area contributed by atoms with Crippen molar-refractivity contribution in [2.24, 2.45) is 0 Å². The third-order valence-corrected chi connectivity index (χ3v) is 3.42. The average Bonchev–Trinajstić information content (AvgIpc) is 2.65. The maximum Gasteiger partial charge on any atom is 0.258 e. The zero-order chi connectivity index (χ0) is 18.4. The third kappa shape index (κ3) is 4.64. The Bertz CT molecular complexity index is 893. The van der Waals surface area contributed by atoms with Gasteiger partial charge < -0.3 is 16.0 Å². The highest BCUT2D eigenvalue weighted by atomic mass is 16.2. The number of rotatable bonds is 5. The second kappa shape index (κ2) is 7.89. The van der Waals surface area contributed by atoms with Crippen LogP contribution >= 0.6 is 0 Å². The number of hydrogen-bond acceptors (Lipinski definition) is 5. The van der Waals surface area contributed by atoms with Crippen molar-refractivity contribution in [1.82, 2.24) is 9.97 Å². The lowest BCUT2D eigenvalue weighted by Gasteiger charge is -2.09. The van der Waals surface area contributed by atoms with Crippen LogP contribution in [0.15, 0.2) is 67.1 Å². The van der Waals surface area contributed by atoms with E-state index in [-0.39, 0.29) is 11.8 Å². The molecule has 3 N–H and O–H groups in total. The molecular formula is C19H17N5O2. The fourth-order valence-corrected chi connectivity index (χ4v) is 2.23. The molecular weight excluding hydrogens is 330 g/mol. The van der Waals surface area contributed by atoms with Crippen molar-refractivity contribution in [3.8, 4) is 0 Å².